The molecule has 23 heavy (non-hydrogen) atoms. The molecule has 0 saturated carbocycles. The van der Waals surface area contributed by atoms with E-state index in [9.17, 15) is 4.79 Å². The van der Waals surface area contributed by atoms with Crippen molar-refractivity contribution in [2.45, 2.75) is 20.3 Å². The summed E-state index contributed by atoms with van der Waals surface area (Å²) in [4.78, 5) is 16.7. The van der Waals surface area contributed by atoms with E-state index in [1.807, 2.05) is 56.3 Å². The van der Waals surface area contributed by atoms with E-state index < -0.39 is 0 Å². The Morgan fingerprint density at radius 1 is 1.13 bits per heavy atom. The van der Waals surface area contributed by atoms with Crippen LogP contribution in [0.1, 0.15) is 27.3 Å². The number of H-pyrrole nitrogens is 1. The number of hydrogen-bond acceptors (Lipinski definition) is 4. The summed E-state index contributed by atoms with van der Waals surface area (Å²) in [5, 5.41) is 10.1. The normalized spacial score (nSPS) is 10.5. The first-order valence-electron chi connectivity index (χ1n) is 7.45. The van der Waals surface area contributed by atoms with E-state index in [-0.39, 0.29) is 5.78 Å². The molecule has 5 heteroatoms. The number of nitrogens with one attached hydrogen (secondary N) is 2. The number of anilines is 2. The van der Waals surface area contributed by atoms with Gasteiger partial charge in [-0.15, -0.1) is 0 Å². The number of ketones is 1. The van der Waals surface area contributed by atoms with Crippen LogP contribution >= 0.6 is 0 Å². The van der Waals surface area contributed by atoms with Crippen LogP contribution in [0, 0.1) is 13.8 Å². The van der Waals surface area contributed by atoms with Gasteiger partial charge in [0.2, 0.25) is 0 Å². The van der Waals surface area contributed by atoms with Crippen LogP contribution in [0.15, 0.2) is 48.7 Å². The van der Waals surface area contributed by atoms with E-state index in [4.69, 9.17) is 0 Å². The molecule has 0 bridgehead atoms. The van der Waals surface area contributed by atoms with E-state index >= 15 is 0 Å². The van der Waals surface area contributed by atoms with Gasteiger partial charge in [0.05, 0.1) is 0 Å². The lowest BCUT2D eigenvalue weighted by atomic mass is 10.1. The summed E-state index contributed by atoms with van der Waals surface area (Å²) in [7, 11) is 0. The molecular weight excluding hydrogens is 288 g/mol. The van der Waals surface area contributed by atoms with Crippen molar-refractivity contribution in [1.82, 2.24) is 15.2 Å². The largest absolute Gasteiger partial charge is 0.340 e. The van der Waals surface area contributed by atoms with Crippen LogP contribution in [0.5, 0.6) is 0 Å². The molecule has 2 heterocycles. The molecule has 5 nitrogen and oxygen atoms in total. The summed E-state index contributed by atoms with van der Waals surface area (Å²) < 4.78 is 0. The van der Waals surface area contributed by atoms with Gasteiger partial charge in [0.1, 0.15) is 11.5 Å². The fourth-order valence-electron chi connectivity index (χ4n) is 2.30. The summed E-state index contributed by atoms with van der Waals surface area (Å²) in [5.41, 5.74) is 4.19. The fourth-order valence-corrected chi connectivity index (χ4v) is 2.30. The zero-order valence-corrected chi connectivity index (χ0v) is 13.1. The molecule has 0 aliphatic carbocycles. The first-order valence-corrected chi connectivity index (χ1v) is 7.45. The number of aromatic nitrogens is 3. The Morgan fingerprint density at radius 3 is 2.52 bits per heavy atom. The van der Waals surface area contributed by atoms with Gasteiger partial charge in [0.25, 0.3) is 0 Å². The lowest BCUT2D eigenvalue weighted by Crippen LogP contribution is -2.06. The number of hydrogen-bond donors (Lipinski definition) is 2. The number of pyridine rings is 1. The third kappa shape index (κ3) is 3.45. The Hall–Kier alpha value is -2.95. The zero-order valence-electron chi connectivity index (χ0n) is 13.1. The topological polar surface area (TPSA) is 70.7 Å². The maximum Gasteiger partial charge on any atom is 0.187 e. The quantitative estimate of drug-likeness (QED) is 0.707. The van der Waals surface area contributed by atoms with Crippen LogP contribution in [-0.4, -0.2) is 21.0 Å². The van der Waals surface area contributed by atoms with Crippen molar-refractivity contribution in [1.29, 1.82) is 0 Å². The standard InChI is InChI=1S/C18H18N4O/c1-12-13(2)21-22-18(12)16(23)10-14-8-9-17(19-11-14)20-15-6-4-3-5-7-15/h3-9,11H,10H2,1-2H3,(H,19,20)(H,21,22). The van der Waals surface area contributed by atoms with Crippen molar-refractivity contribution >= 4 is 17.3 Å². The lowest BCUT2D eigenvalue weighted by Gasteiger charge is -2.06. The predicted molar refractivity (Wildman–Crippen MR) is 90.1 cm³/mol. The van der Waals surface area contributed by atoms with Gasteiger partial charge in [0, 0.05) is 29.6 Å². The van der Waals surface area contributed by atoms with Crippen LogP contribution in [-0.2, 0) is 6.42 Å². The second kappa shape index (κ2) is 6.44. The molecule has 0 atom stereocenters. The van der Waals surface area contributed by atoms with Crippen molar-refractivity contribution in [2.75, 3.05) is 5.32 Å². The Balaban J connectivity index is 1.68. The molecular formula is C18H18N4O. The molecule has 0 radical (unpaired) electrons. The number of nitrogens with zero attached hydrogens (tertiary/aromatic N) is 2. The highest BCUT2D eigenvalue weighted by molar-refractivity contribution is 5.97. The molecule has 0 spiro atoms. The average molecular weight is 306 g/mol. The smallest absolute Gasteiger partial charge is 0.187 e. The molecule has 0 amide bonds. The summed E-state index contributed by atoms with van der Waals surface area (Å²) in [5.74, 6) is 0.747. The molecule has 2 N–H and O–H groups in total. The Kier molecular flexibility index (Phi) is 4.19. The summed E-state index contributed by atoms with van der Waals surface area (Å²) in [6, 6.07) is 13.6. The molecule has 3 aromatic rings. The van der Waals surface area contributed by atoms with Gasteiger partial charge < -0.3 is 5.32 Å². The predicted octanol–water partition coefficient (Wildman–Crippen LogP) is 3.59. The number of carbonyl (C=O) groups excluding carboxylic acids is 1. The first-order chi connectivity index (χ1) is 11.1. The fraction of sp³-hybridized carbons (Fsp3) is 0.167. The highest BCUT2D eigenvalue weighted by Crippen LogP contribution is 2.16. The molecule has 0 fully saturated rings. The second-order valence-corrected chi connectivity index (χ2v) is 5.46. The molecule has 2 aromatic heterocycles. The summed E-state index contributed by atoms with van der Waals surface area (Å²) in [6.07, 6.45) is 2.02. The van der Waals surface area contributed by atoms with Crippen molar-refractivity contribution in [3.8, 4) is 0 Å². The highest BCUT2D eigenvalue weighted by Gasteiger charge is 2.15. The van der Waals surface area contributed by atoms with Gasteiger partial charge in [-0.25, -0.2) is 4.98 Å². The van der Waals surface area contributed by atoms with Gasteiger partial charge in [0.15, 0.2) is 5.78 Å². The van der Waals surface area contributed by atoms with Crippen molar-refractivity contribution in [3.63, 3.8) is 0 Å². The van der Waals surface area contributed by atoms with E-state index in [1.54, 1.807) is 6.20 Å². The second-order valence-electron chi connectivity index (χ2n) is 5.46. The minimum absolute atomic E-state index is 0.00239. The molecule has 116 valence electrons. The zero-order chi connectivity index (χ0) is 16.2. The van der Waals surface area contributed by atoms with E-state index in [2.05, 4.69) is 20.5 Å². The number of benzene rings is 1. The van der Waals surface area contributed by atoms with Crippen molar-refractivity contribution in [3.05, 3.63) is 71.2 Å². The molecule has 0 aliphatic heterocycles. The molecule has 0 aliphatic rings. The number of para-hydroxylation sites is 1. The Labute approximate surface area is 134 Å². The highest BCUT2D eigenvalue weighted by atomic mass is 16.1. The third-order valence-corrected chi connectivity index (χ3v) is 3.75. The number of rotatable bonds is 5. The number of aromatic amines is 1. The lowest BCUT2D eigenvalue weighted by molar-refractivity contribution is 0.0987. The van der Waals surface area contributed by atoms with Crippen LogP contribution in [0.3, 0.4) is 0 Å². The van der Waals surface area contributed by atoms with E-state index in [1.165, 1.54) is 0 Å². The van der Waals surface area contributed by atoms with Crippen molar-refractivity contribution < 1.29 is 4.79 Å². The Bertz CT molecular complexity index is 807. The summed E-state index contributed by atoms with van der Waals surface area (Å²) >= 11 is 0. The summed E-state index contributed by atoms with van der Waals surface area (Å²) in [6.45, 7) is 3.81. The SMILES string of the molecule is Cc1[nH]nc(C(=O)Cc2ccc(Nc3ccccc3)nc2)c1C. The van der Waals surface area contributed by atoms with Crippen molar-refractivity contribution in [2.24, 2.45) is 0 Å². The Morgan fingerprint density at radius 2 is 1.91 bits per heavy atom. The maximum atomic E-state index is 12.3. The maximum absolute atomic E-state index is 12.3. The molecule has 0 saturated heterocycles. The van der Waals surface area contributed by atoms with Gasteiger partial charge in [-0.05, 0) is 37.6 Å². The third-order valence-electron chi connectivity index (χ3n) is 3.75. The molecule has 3 rings (SSSR count). The van der Waals surface area contributed by atoms with Crippen LogP contribution in [0.2, 0.25) is 0 Å². The van der Waals surface area contributed by atoms with Crippen LogP contribution in [0.25, 0.3) is 0 Å². The first kappa shape index (κ1) is 15.0. The number of Topliss-reactive ketones (excluding diaryl/α,β-unsaturated/α-hetero) is 1. The van der Waals surface area contributed by atoms with Crippen LogP contribution in [0.4, 0.5) is 11.5 Å². The minimum Gasteiger partial charge on any atom is -0.340 e. The van der Waals surface area contributed by atoms with E-state index in [0.717, 1.165) is 28.3 Å². The number of carbonyl (C=O) groups is 1. The van der Waals surface area contributed by atoms with E-state index in [0.29, 0.717) is 12.1 Å². The van der Waals surface area contributed by atoms with Crippen LogP contribution < -0.4 is 5.32 Å². The van der Waals surface area contributed by atoms with Gasteiger partial charge >= 0.3 is 0 Å². The molecule has 1 aromatic carbocycles. The van der Waals surface area contributed by atoms with Gasteiger partial charge in [-0.1, -0.05) is 24.3 Å². The number of aryl methyl sites for hydroxylation is 1. The van der Waals surface area contributed by atoms with Gasteiger partial charge in [-0.3, -0.25) is 9.89 Å². The minimum atomic E-state index is -0.00239. The van der Waals surface area contributed by atoms with Gasteiger partial charge in [-0.2, -0.15) is 5.10 Å². The monoisotopic (exact) mass is 306 g/mol. The average Bonchev–Trinajstić information content (AvgIpc) is 2.90. The molecule has 0 unspecified atom stereocenters.